The minimum Gasteiger partial charge on any atom is -0.381 e. The van der Waals surface area contributed by atoms with Crippen molar-refractivity contribution in [1.29, 1.82) is 0 Å². The molecule has 0 aromatic heterocycles. The number of fused-ring (bicyclic) bond motifs is 1. The second kappa shape index (κ2) is 12.3. The normalized spacial score (nSPS) is 20.2. The molecule has 214 valence electrons. The largest absolute Gasteiger partial charge is 0.407 e. The molecule has 1 saturated heterocycles. The SMILES string of the molecule is O=C(N[C@@H]1CCCc2cc(CN3CCCCC3)ccc21)[C@H](O)[C@@H](NS(=O)(=O)c1ccc(Cl)c(Cl)c1)C(F)(F)F. The van der Waals surface area contributed by atoms with Crippen LogP contribution in [-0.4, -0.2) is 55.7 Å². The number of likely N-dealkylation sites (tertiary alicyclic amines) is 1. The number of rotatable bonds is 8. The number of nitrogens with zero attached hydrogens (tertiary/aromatic N) is 1. The number of piperidine rings is 1. The highest BCUT2D eigenvalue weighted by atomic mass is 35.5. The van der Waals surface area contributed by atoms with E-state index in [2.05, 4.69) is 16.3 Å². The highest BCUT2D eigenvalue weighted by Crippen LogP contribution is 2.32. The van der Waals surface area contributed by atoms with Crippen LogP contribution >= 0.6 is 23.2 Å². The predicted octanol–water partition coefficient (Wildman–Crippen LogP) is 4.74. The molecule has 4 rings (SSSR count). The molecular weight excluding hydrogens is 578 g/mol. The lowest BCUT2D eigenvalue weighted by atomic mass is 9.86. The molecule has 2 aliphatic rings. The van der Waals surface area contributed by atoms with Gasteiger partial charge >= 0.3 is 6.18 Å². The molecule has 0 bridgehead atoms. The van der Waals surface area contributed by atoms with Gasteiger partial charge in [0.15, 0.2) is 12.1 Å². The van der Waals surface area contributed by atoms with E-state index in [-0.39, 0.29) is 10.0 Å². The van der Waals surface area contributed by atoms with Crippen molar-refractivity contribution >= 4 is 39.1 Å². The molecule has 1 aliphatic heterocycles. The Labute approximate surface area is 235 Å². The van der Waals surface area contributed by atoms with Crippen molar-refractivity contribution in [2.24, 2.45) is 0 Å². The first-order chi connectivity index (χ1) is 18.3. The molecule has 7 nitrogen and oxygen atoms in total. The molecule has 0 saturated carbocycles. The maximum atomic E-state index is 13.9. The van der Waals surface area contributed by atoms with E-state index in [0.29, 0.717) is 12.8 Å². The fraction of sp³-hybridized carbons (Fsp3) is 0.500. The standard InChI is InChI=1S/C26H30Cl2F3N3O4S/c27-20-10-8-18(14-21(20)28)39(37,38)33-24(26(29,30)31)23(35)25(36)32-22-6-4-5-17-13-16(7-9-19(17)22)15-34-11-2-1-3-12-34/h7-10,13-14,22-24,33,35H,1-6,11-12,15H2,(H,32,36)/t22-,23-,24-/m1/s1. The minimum atomic E-state index is -5.27. The van der Waals surface area contributed by atoms with Crippen LogP contribution in [0.25, 0.3) is 0 Å². The average Bonchev–Trinajstić information content (AvgIpc) is 2.88. The van der Waals surface area contributed by atoms with E-state index in [1.807, 2.05) is 12.1 Å². The number of amides is 1. The molecule has 2 aromatic carbocycles. The summed E-state index contributed by atoms with van der Waals surface area (Å²) in [6.45, 7) is 2.90. The van der Waals surface area contributed by atoms with Crippen molar-refractivity contribution in [3.8, 4) is 0 Å². The van der Waals surface area contributed by atoms with Gasteiger partial charge in [0.1, 0.15) is 0 Å². The number of alkyl halides is 3. The highest BCUT2D eigenvalue weighted by Gasteiger charge is 2.49. The predicted molar refractivity (Wildman–Crippen MR) is 142 cm³/mol. The third-order valence-corrected chi connectivity index (χ3v) is 9.29. The van der Waals surface area contributed by atoms with E-state index >= 15 is 0 Å². The quantitative estimate of drug-likeness (QED) is 0.402. The number of carbonyl (C=O) groups excluding carboxylic acids is 1. The van der Waals surface area contributed by atoms with Gasteiger partial charge in [0.2, 0.25) is 10.0 Å². The molecule has 1 aliphatic carbocycles. The summed E-state index contributed by atoms with van der Waals surface area (Å²) in [5, 5.41) is 12.7. The van der Waals surface area contributed by atoms with Crippen LogP contribution < -0.4 is 10.0 Å². The van der Waals surface area contributed by atoms with Crippen LogP contribution in [0.3, 0.4) is 0 Å². The lowest BCUT2D eigenvalue weighted by Crippen LogP contribution is -2.57. The van der Waals surface area contributed by atoms with Gasteiger partial charge in [-0.3, -0.25) is 9.69 Å². The van der Waals surface area contributed by atoms with Crippen LogP contribution in [0, 0.1) is 0 Å². The number of aliphatic hydroxyl groups excluding tert-OH is 1. The van der Waals surface area contributed by atoms with Crippen molar-refractivity contribution in [2.75, 3.05) is 13.1 Å². The Morgan fingerprint density at radius 1 is 1.05 bits per heavy atom. The van der Waals surface area contributed by atoms with Gasteiger partial charge in [-0.25, -0.2) is 8.42 Å². The van der Waals surface area contributed by atoms with Gasteiger partial charge in [0.05, 0.1) is 21.0 Å². The molecule has 0 unspecified atom stereocenters. The molecule has 13 heteroatoms. The first-order valence-corrected chi connectivity index (χ1v) is 15.0. The summed E-state index contributed by atoms with van der Waals surface area (Å²) in [6, 6.07) is 5.16. The summed E-state index contributed by atoms with van der Waals surface area (Å²) >= 11 is 11.6. The maximum absolute atomic E-state index is 13.9. The van der Waals surface area contributed by atoms with E-state index in [9.17, 15) is 31.5 Å². The smallest absolute Gasteiger partial charge is 0.381 e. The van der Waals surface area contributed by atoms with Gasteiger partial charge in [-0.2, -0.15) is 17.9 Å². The summed E-state index contributed by atoms with van der Waals surface area (Å²) in [4.78, 5) is 14.6. The van der Waals surface area contributed by atoms with Crippen molar-refractivity contribution in [3.05, 3.63) is 63.1 Å². The van der Waals surface area contributed by atoms with Crippen LogP contribution in [0.1, 0.15) is 54.8 Å². The van der Waals surface area contributed by atoms with E-state index in [1.165, 1.54) is 24.0 Å². The van der Waals surface area contributed by atoms with Crippen LogP contribution in [-0.2, 0) is 27.8 Å². The highest BCUT2D eigenvalue weighted by molar-refractivity contribution is 7.89. The number of halogens is 5. The zero-order valence-electron chi connectivity index (χ0n) is 21.0. The molecule has 2 aromatic rings. The lowest BCUT2D eigenvalue weighted by molar-refractivity contribution is -0.178. The summed E-state index contributed by atoms with van der Waals surface area (Å²) in [5.41, 5.74) is 2.92. The maximum Gasteiger partial charge on any atom is 0.407 e. The van der Waals surface area contributed by atoms with Gasteiger partial charge in [-0.05, 0) is 80.1 Å². The van der Waals surface area contributed by atoms with Gasteiger partial charge < -0.3 is 10.4 Å². The van der Waals surface area contributed by atoms with Crippen molar-refractivity contribution in [1.82, 2.24) is 14.9 Å². The first-order valence-electron chi connectivity index (χ1n) is 12.7. The van der Waals surface area contributed by atoms with Crippen molar-refractivity contribution in [2.45, 2.75) is 74.3 Å². The number of aryl methyl sites for hydroxylation is 1. The summed E-state index contributed by atoms with van der Waals surface area (Å²) in [6.07, 6.45) is -2.48. The number of nitrogens with one attached hydrogen (secondary N) is 2. The van der Waals surface area contributed by atoms with Crippen molar-refractivity contribution < 1.29 is 31.5 Å². The number of hydrogen-bond donors (Lipinski definition) is 3. The molecule has 1 amide bonds. The monoisotopic (exact) mass is 607 g/mol. The number of carbonyl (C=O) groups is 1. The Morgan fingerprint density at radius 2 is 1.77 bits per heavy atom. The third kappa shape index (κ3) is 7.45. The van der Waals surface area contributed by atoms with Gasteiger partial charge in [0.25, 0.3) is 5.91 Å². The van der Waals surface area contributed by atoms with Gasteiger partial charge in [-0.15, -0.1) is 0 Å². The summed E-state index contributed by atoms with van der Waals surface area (Å²) in [5.74, 6) is -1.33. The van der Waals surface area contributed by atoms with Crippen LogP contribution in [0.2, 0.25) is 10.0 Å². The Morgan fingerprint density at radius 3 is 2.44 bits per heavy atom. The van der Waals surface area contributed by atoms with Gasteiger partial charge in [-0.1, -0.05) is 47.8 Å². The fourth-order valence-corrected chi connectivity index (χ4v) is 6.71. The topological polar surface area (TPSA) is 98.7 Å². The number of hydrogen-bond acceptors (Lipinski definition) is 5. The molecular formula is C26H30Cl2F3N3O4S. The molecule has 0 radical (unpaired) electrons. The zero-order chi connectivity index (χ0) is 28.4. The Kier molecular flexibility index (Phi) is 9.50. The summed E-state index contributed by atoms with van der Waals surface area (Å²) < 4.78 is 68.3. The fourth-order valence-electron chi connectivity index (χ4n) is 5.09. The Hall–Kier alpha value is -1.89. The zero-order valence-corrected chi connectivity index (χ0v) is 23.3. The Balaban J connectivity index is 1.48. The average molecular weight is 609 g/mol. The molecule has 1 fully saturated rings. The molecule has 3 atom stereocenters. The molecule has 3 N–H and O–H groups in total. The number of sulfonamides is 1. The van der Waals surface area contributed by atoms with Crippen LogP contribution in [0.5, 0.6) is 0 Å². The molecule has 39 heavy (non-hydrogen) atoms. The molecule has 0 spiro atoms. The number of benzene rings is 2. The summed E-state index contributed by atoms with van der Waals surface area (Å²) in [7, 11) is -4.82. The minimum absolute atomic E-state index is 0.00813. The van der Waals surface area contributed by atoms with E-state index < -0.39 is 45.2 Å². The second-order valence-electron chi connectivity index (χ2n) is 9.98. The third-order valence-electron chi connectivity index (χ3n) is 7.11. The Bertz CT molecular complexity index is 1300. The van der Waals surface area contributed by atoms with E-state index in [0.717, 1.165) is 60.9 Å². The van der Waals surface area contributed by atoms with E-state index in [4.69, 9.17) is 23.2 Å². The van der Waals surface area contributed by atoms with Crippen LogP contribution in [0.4, 0.5) is 13.2 Å². The van der Waals surface area contributed by atoms with Gasteiger partial charge in [0, 0.05) is 6.54 Å². The molecule has 1 heterocycles. The van der Waals surface area contributed by atoms with Crippen LogP contribution in [0.15, 0.2) is 41.3 Å². The lowest BCUT2D eigenvalue weighted by Gasteiger charge is -2.31. The second-order valence-corrected chi connectivity index (χ2v) is 12.5. The van der Waals surface area contributed by atoms with Crippen molar-refractivity contribution in [3.63, 3.8) is 0 Å². The number of aliphatic hydroxyl groups is 1. The first kappa shape index (κ1) is 30.1. The van der Waals surface area contributed by atoms with E-state index in [1.54, 1.807) is 0 Å².